The molecule has 0 aliphatic carbocycles. The Bertz CT molecular complexity index is 503. The highest BCUT2D eigenvalue weighted by Gasteiger charge is 1.96. The number of nitrogens with one attached hydrogen (secondary N) is 1. The molecule has 124 valence electrons. The lowest BCUT2D eigenvalue weighted by Gasteiger charge is -1.98. The largest absolute Gasteiger partial charge is 0.412 e. The average Bonchev–Trinajstić information content (AvgIpc) is 2.39. The molecule has 22 heavy (non-hydrogen) atoms. The van der Waals surface area contributed by atoms with Crippen LogP contribution in [0.15, 0.2) is 24.3 Å². The van der Waals surface area contributed by atoms with Gasteiger partial charge in [0.15, 0.2) is 0 Å². The van der Waals surface area contributed by atoms with Gasteiger partial charge in [-0.05, 0) is 12.1 Å². The minimum atomic E-state index is 0. The molecule has 12 heteroatoms. The number of rotatable bonds is 1. The fourth-order valence-corrected chi connectivity index (χ4v) is 2.22. The average molecular weight is 411 g/mol. The number of hydrogen-bond donors (Lipinski definition) is 4. The van der Waals surface area contributed by atoms with Crippen molar-refractivity contribution in [3.8, 4) is 0 Å². The molecule has 0 saturated heterocycles. The van der Waals surface area contributed by atoms with Crippen LogP contribution in [0.3, 0.4) is 0 Å². The highest BCUT2D eigenvalue weighted by molar-refractivity contribution is 6.36. The Labute approximate surface area is 151 Å². The van der Waals surface area contributed by atoms with Crippen molar-refractivity contribution in [3.63, 3.8) is 0 Å². The van der Waals surface area contributed by atoms with Gasteiger partial charge in [0.25, 0.3) is 0 Å². The maximum Gasteiger partial charge on any atom is 0.132 e. The molecule has 0 amide bonds. The van der Waals surface area contributed by atoms with Gasteiger partial charge in [-0.15, -0.1) is 0 Å². The molecule has 2 heterocycles. The van der Waals surface area contributed by atoms with Crippen LogP contribution in [-0.4, -0.2) is 15.4 Å². The van der Waals surface area contributed by atoms with Crippen molar-refractivity contribution in [2.45, 2.75) is 0 Å². The Morgan fingerprint density at radius 3 is 1.32 bits per heavy atom. The molecule has 7 nitrogen and oxygen atoms in total. The second kappa shape index (κ2) is 12.9. The van der Waals surface area contributed by atoms with Crippen LogP contribution in [0.1, 0.15) is 0 Å². The number of hydrogen-bond acceptors (Lipinski definition) is 6. The summed E-state index contributed by atoms with van der Waals surface area (Å²) in [7, 11) is 0. The summed E-state index contributed by atoms with van der Waals surface area (Å²) in [6.07, 6.45) is 0. The molecular weight excluding hydrogens is 397 g/mol. The van der Waals surface area contributed by atoms with Crippen molar-refractivity contribution < 1.29 is 5.48 Å². The van der Waals surface area contributed by atoms with E-state index in [2.05, 4.69) is 27.1 Å². The van der Waals surface area contributed by atoms with Crippen molar-refractivity contribution in [2.75, 3.05) is 5.43 Å². The summed E-state index contributed by atoms with van der Waals surface area (Å²) in [5.41, 5.74) is 3.04. The first-order chi connectivity index (χ1) is 9.90. The van der Waals surface area contributed by atoms with Crippen molar-refractivity contribution in [3.05, 3.63) is 49.9 Å². The van der Waals surface area contributed by atoms with Gasteiger partial charge in [0, 0.05) is 17.2 Å². The van der Waals surface area contributed by atoms with Crippen molar-refractivity contribution in [1.82, 2.24) is 9.97 Å². The first kappa shape index (κ1) is 23.7. The van der Waals surface area contributed by atoms with Gasteiger partial charge in [-0.25, -0.2) is 9.97 Å². The summed E-state index contributed by atoms with van der Waals surface area (Å²) in [5, 5.41) is 1.76. The third-order valence-corrected chi connectivity index (χ3v) is 2.65. The fraction of sp³-hybridized carbons (Fsp3) is 0. The minimum Gasteiger partial charge on any atom is -0.412 e. The number of hydrazine groups is 2. The monoisotopic (exact) mass is 408 g/mol. The van der Waals surface area contributed by atoms with Crippen LogP contribution in [0.4, 0.5) is 5.69 Å². The van der Waals surface area contributed by atoms with Crippen LogP contribution in [-0.2, 0) is 0 Å². The second-order valence-electron chi connectivity index (χ2n) is 3.08. The maximum absolute atomic E-state index is 5.54. The van der Waals surface area contributed by atoms with Gasteiger partial charge >= 0.3 is 0 Å². The zero-order valence-corrected chi connectivity index (χ0v) is 14.6. The first-order valence-corrected chi connectivity index (χ1v) is 6.91. The number of aromatic nitrogens is 2. The van der Waals surface area contributed by atoms with E-state index >= 15 is 0 Å². The lowest BCUT2D eigenvalue weighted by atomic mass is 10.4. The van der Waals surface area contributed by atoms with Crippen LogP contribution in [0.25, 0.3) is 0 Å². The van der Waals surface area contributed by atoms with Gasteiger partial charge in [0.1, 0.15) is 20.6 Å². The molecule has 2 aromatic rings. The van der Waals surface area contributed by atoms with E-state index in [0.29, 0.717) is 31.3 Å². The highest BCUT2D eigenvalue weighted by Crippen LogP contribution is 2.18. The van der Waals surface area contributed by atoms with E-state index in [9.17, 15) is 0 Å². The molecule has 0 atom stereocenters. The Hall–Kier alpha value is -0.610. The molecule has 0 radical (unpaired) electrons. The van der Waals surface area contributed by atoms with Crippen molar-refractivity contribution >= 4 is 63.7 Å². The van der Waals surface area contributed by atoms with Crippen LogP contribution in [0, 0.1) is 0 Å². The van der Waals surface area contributed by atoms with Crippen LogP contribution >= 0.6 is 58.0 Å². The van der Waals surface area contributed by atoms with Crippen molar-refractivity contribution in [1.29, 1.82) is 0 Å². The molecule has 0 saturated carbocycles. The number of nitrogens with two attached hydrogens (primary N) is 3. The van der Waals surface area contributed by atoms with E-state index in [0.717, 1.165) is 0 Å². The molecule has 0 aromatic carbocycles. The summed E-state index contributed by atoms with van der Waals surface area (Å²) < 4.78 is 0. The summed E-state index contributed by atoms with van der Waals surface area (Å²) in [4.78, 5) is 7.40. The normalized spacial score (nSPS) is 8.55. The first-order valence-electron chi connectivity index (χ1n) is 5.02. The lowest BCUT2D eigenvalue weighted by molar-refractivity contribution is 0.824. The number of nitrogen functional groups attached to an aromatic ring is 1. The Balaban J connectivity index is 0. The maximum atomic E-state index is 5.54. The predicted octanol–water partition coefficient (Wildman–Crippen LogP) is 2.71. The smallest absolute Gasteiger partial charge is 0.132 e. The Morgan fingerprint density at radius 1 is 0.727 bits per heavy atom. The van der Waals surface area contributed by atoms with Crippen molar-refractivity contribution in [2.24, 2.45) is 17.5 Å². The van der Waals surface area contributed by atoms with Crippen LogP contribution < -0.4 is 23.0 Å². The van der Waals surface area contributed by atoms with E-state index in [1.165, 1.54) is 12.1 Å². The Kier molecular flexibility index (Phi) is 13.9. The number of halogens is 5. The molecule has 0 fully saturated rings. The standard InChI is InChI=1S/C5H2Cl3N.C5H5Cl2N3.H4N2.H2O/c6-3-1-4(7)9-5(8)2-3;6-4-1-3(10-8)2-5(7)9-4;1-2;/h1-2H;1-2H,8H2,(H,9,10);1-2H2;1H2. The zero-order chi connectivity index (χ0) is 16.4. The summed E-state index contributed by atoms with van der Waals surface area (Å²) in [6.45, 7) is 0. The van der Waals surface area contributed by atoms with E-state index in [4.69, 9.17) is 63.8 Å². The quantitative estimate of drug-likeness (QED) is 0.323. The van der Waals surface area contributed by atoms with Gasteiger partial charge in [0.05, 0.1) is 5.69 Å². The van der Waals surface area contributed by atoms with E-state index in [1.807, 2.05) is 0 Å². The molecule has 0 unspecified atom stereocenters. The second-order valence-corrected chi connectivity index (χ2v) is 5.06. The molecular formula is C10H13Cl5N6O. The number of nitrogens with zero attached hydrogens (tertiary/aromatic N) is 2. The molecule has 0 aliphatic heterocycles. The lowest BCUT2D eigenvalue weighted by Crippen LogP contribution is -2.06. The molecule has 0 bridgehead atoms. The Morgan fingerprint density at radius 2 is 1.05 bits per heavy atom. The van der Waals surface area contributed by atoms with Gasteiger partial charge < -0.3 is 10.9 Å². The van der Waals surface area contributed by atoms with Gasteiger partial charge in [-0.1, -0.05) is 58.0 Å². The van der Waals surface area contributed by atoms with Gasteiger partial charge in [-0.2, -0.15) is 0 Å². The number of anilines is 1. The van der Waals surface area contributed by atoms with Crippen LogP contribution in [0.2, 0.25) is 25.6 Å². The van der Waals surface area contributed by atoms with Crippen LogP contribution in [0.5, 0.6) is 0 Å². The summed E-state index contributed by atoms with van der Waals surface area (Å²) in [5.74, 6) is 13.1. The molecule has 2 rings (SSSR count). The van der Waals surface area contributed by atoms with Gasteiger partial charge in [0.2, 0.25) is 0 Å². The van der Waals surface area contributed by atoms with E-state index in [-0.39, 0.29) is 5.48 Å². The SMILES string of the molecule is Clc1cc(Cl)nc(Cl)c1.NN.NNc1cc(Cl)nc(Cl)c1.O. The third-order valence-electron chi connectivity index (χ3n) is 1.66. The molecule has 9 N–H and O–H groups in total. The third kappa shape index (κ3) is 10.2. The van der Waals surface area contributed by atoms with E-state index in [1.54, 1.807) is 12.1 Å². The van der Waals surface area contributed by atoms with Gasteiger partial charge in [-0.3, -0.25) is 17.5 Å². The predicted molar refractivity (Wildman–Crippen MR) is 93.3 cm³/mol. The molecule has 0 spiro atoms. The summed E-state index contributed by atoms with van der Waals surface area (Å²) in [6, 6.07) is 6.20. The molecule has 0 aliphatic rings. The van der Waals surface area contributed by atoms with E-state index < -0.39 is 0 Å². The molecule has 2 aromatic heterocycles. The topological polar surface area (TPSA) is 147 Å². The fourth-order valence-electron chi connectivity index (χ4n) is 0.984. The number of pyridine rings is 2. The zero-order valence-electron chi connectivity index (χ0n) is 10.8. The summed E-state index contributed by atoms with van der Waals surface area (Å²) >= 11 is 27.6. The highest BCUT2D eigenvalue weighted by atomic mass is 35.5. The minimum absolute atomic E-state index is 0.